The maximum Gasteiger partial charge on any atom is 0.306 e. The Kier molecular flexibility index (Phi) is 6.93. The zero-order valence-corrected chi connectivity index (χ0v) is 13.7. The number of nitrogens with two attached hydrogens (primary N) is 1. The van der Waals surface area contributed by atoms with E-state index in [1.54, 1.807) is 31.2 Å². The molecule has 1 aromatic carbocycles. The number of rotatable bonds is 8. The van der Waals surface area contributed by atoms with E-state index in [0.29, 0.717) is 12.4 Å². The van der Waals surface area contributed by atoms with E-state index in [9.17, 15) is 9.36 Å². The lowest BCUT2D eigenvalue weighted by molar-refractivity contribution is -0.142. The molecule has 0 heterocycles. The summed E-state index contributed by atoms with van der Waals surface area (Å²) in [7, 11) is -3.19. The molecule has 0 aliphatic heterocycles. The number of esters is 1. The zero-order chi connectivity index (χ0) is 15.9. The van der Waals surface area contributed by atoms with Crippen LogP contribution in [0.3, 0.4) is 0 Å². The molecule has 0 saturated heterocycles. The van der Waals surface area contributed by atoms with Crippen molar-refractivity contribution in [3.63, 3.8) is 0 Å². The molecule has 2 atom stereocenters. The molecule has 1 aromatic rings. The summed E-state index contributed by atoms with van der Waals surface area (Å²) in [6.07, 6.45) is 0.123. The van der Waals surface area contributed by atoms with E-state index in [4.69, 9.17) is 15.0 Å². The van der Waals surface area contributed by atoms with Crippen molar-refractivity contribution in [1.82, 2.24) is 0 Å². The summed E-state index contributed by atoms with van der Waals surface area (Å²) in [6, 6.07) is 8.89. The van der Waals surface area contributed by atoms with Crippen LogP contribution in [0.2, 0.25) is 0 Å². The van der Waals surface area contributed by atoms with Gasteiger partial charge in [0.1, 0.15) is 5.75 Å². The first-order valence-electron chi connectivity index (χ1n) is 7.13. The molecule has 0 saturated carbocycles. The van der Waals surface area contributed by atoms with Gasteiger partial charge < -0.3 is 15.0 Å². The van der Waals surface area contributed by atoms with Crippen LogP contribution in [0.15, 0.2) is 30.3 Å². The molecule has 2 N–H and O–H groups in total. The molecule has 0 aliphatic rings. The van der Waals surface area contributed by atoms with Crippen LogP contribution in [0.1, 0.15) is 27.2 Å². The average Bonchev–Trinajstić information content (AvgIpc) is 2.45. The molecular formula is C15H24NO4P. The minimum atomic E-state index is -3.19. The first-order valence-corrected chi connectivity index (χ1v) is 9.01. The van der Waals surface area contributed by atoms with Gasteiger partial charge in [0.25, 0.3) is 7.37 Å². The largest absolute Gasteiger partial charge is 0.466 e. The monoisotopic (exact) mass is 313 g/mol. The van der Waals surface area contributed by atoms with Crippen molar-refractivity contribution in [2.45, 2.75) is 33.0 Å². The molecule has 0 amide bonds. The van der Waals surface area contributed by atoms with Gasteiger partial charge in [-0.2, -0.15) is 0 Å². The molecule has 0 spiro atoms. The standard InChI is InChI=1S/C15H24NO4P/c1-4-19-14(17)10-11-21(18,15(16)12(2)3)20-13-8-6-5-7-9-13/h5-9,12,15H,4,10-11,16H2,1-3H3/t15-,21?/m1/s1. The fraction of sp³-hybridized carbons (Fsp3) is 0.533. The number of para-hydroxylation sites is 1. The van der Waals surface area contributed by atoms with Gasteiger partial charge in [-0.15, -0.1) is 0 Å². The SMILES string of the molecule is CCOC(=O)CCP(=O)(Oc1ccccc1)[C@@H](N)C(C)C. The number of hydrogen-bond acceptors (Lipinski definition) is 5. The number of carbonyl (C=O) groups excluding carboxylic acids is 1. The lowest BCUT2D eigenvalue weighted by Crippen LogP contribution is -2.30. The second-order valence-corrected chi connectivity index (χ2v) is 7.82. The molecule has 6 heteroatoms. The van der Waals surface area contributed by atoms with Gasteiger partial charge >= 0.3 is 5.97 Å². The third kappa shape index (κ3) is 5.52. The van der Waals surface area contributed by atoms with Crippen molar-refractivity contribution in [1.29, 1.82) is 0 Å². The third-order valence-electron chi connectivity index (χ3n) is 3.07. The number of ether oxygens (including phenoxy) is 1. The molecule has 0 bridgehead atoms. The van der Waals surface area contributed by atoms with Crippen molar-refractivity contribution in [3.8, 4) is 5.75 Å². The Morgan fingerprint density at radius 1 is 1.29 bits per heavy atom. The van der Waals surface area contributed by atoms with E-state index in [1.165, 1.54) is 0 Å². The summed E-state index contributed by atoms with van der Waals surface area (Å²) in [6.45, 7) is 5.81. The number of benzene rings is 1. The minimum absolute atomic E-state index is 0.0123. The highest BCUT2D eigenvalue weighted by atomic mass is 31.2. The molecule has 0 aromatic heterocycles. The van der Waals surface area contributed by atoms with E-state index in [0.717, 1.165) is 0 Å². The van der Waals surface area contributed by atoms with Gasteiger partial charge in [0, 0.05) is 6.16 Å². The Balaban J connectivity index is 2.85. The summed E-state index contributed by atoms with van der Waals surface area (Å²) < 4.78 is 23.6. The van der Waals surface area contributed by atoms with Crippen LogP contribution < -0.4 is 10.3 Å². The maximum absolute atomic E-state index is 13.1. The smallest absolute Gasteiger partial charge is 0.306 e. The highest BCUT2D eigenvalue weighted by molar-refractivity contribution is 7.60. The van der Waals surface area contributed by atoms with Crippen molar-refractivity contribution in [2.75, 3.05) is 12.8 Å². The lowest BCUT2D eigenvalue weighted by atomic mass is 10.2. The molecule has 1 unspecified atom stereocenters. The van der Waals surface area contributed by atoms with Crippen LogP contribution in [0.4, 0.5) is 0 Å². The van der Waals surface area contributed by atoms with Gasteiger partial charge in [0.2, 0.25) is 0 Å². The molecule has 0 radical (unpaired) electrons. The fourth-order valence-corrected chi connectivity index (χ4v) is 4.24. The Bertz CT molecular complexity index is 490. The van der Waals surface area contributed by atoms with E-state index in [1.807, 2.05) is 19.9 Å². The van der Waals surface area contributed by atoms with Crippen LogP contribution in [0, 0.1) is 5.92 Å². The predicted octanol–water partition coefficient (Wildman–Crippen LogP) is 3.24. The minimum Gasteiger partial charge on any atom is -0.466 e. The maximum atomic E-state index is 13.1. The van der Waals surface area contributed by atoms with Crippen molar-refractivity contribution >= 4 is 13.3 Å². The van der Waals surface area contributed by atoms with Gasteiger partial charge in [-0.05, 0) is 25.0 Å². The van der Waals surface area contributed by atoms with Gasteiger partial charge in [-0.3, -0.25) is 9.36 Å². The van der Waals surface area contributed by atoms with E-state index < -0.39 is 13.2 Å². The third-order valence-corrected chi connectivity index (χ3v) is 5.94. The molecule has 0 fully saturated rings. The first-order chi connectivity index (χ1) is 9.89. The Labute approximate surface area is 126 Å². The number of carbonyl (C=O) groups is 1. The van der Waals surface area contributed by atoms with Gasteiger partial charge in [-0.1, -0.05) is 32.0 Å². The fourth-order valence-electron chi connectivity index (χ4n) is 1.85. The normalized spacial score (nSPS) is 15.3. The van der Waals surface area contributed by atoms with Gasteiger partial charge in [0.15, 0.2) is 0 Å². The van der Waals surface area contributed by atoms with Crippen molar-refractivity contribution in [2.24, 2.45) is 11.7 Å². The summed E-state index contributed by atoms with van der Waals surface area (Å²) in [4.78, 5) is 11.5. The van der Waals surface area contributed by atoms with Crippen LogP contribution in [0.25, 0.3) is 0 Å². The quantitative estimate of drug-likeness (QED) is 0.589. The highest BCUT2D eigenvalue weighted by Gasteiger charge is 2.35. The number of hydrogen-bond donors (Lipinski definition) is 1. The zero-order valence-electron chi connectivity index (χ0n) is 12.8. The second kappa shape index (κ2) is 8.20. The van der Waals surface area contributed by atoms with Crippen LogP contribution in [0.5, 0.6) is 5.75 Å². The van der Waals surface area contributed by atoms with Crippen LogP contribution in [-0.2, 0) is 14.1 Å². The van der Waals surface area contributed by atoms with Crippen molar-refractivity contribution < 1.29 is 18.6 Å². The van der Waals surface area contributed by atoms with Crippen LogP contribution >= 0.6 is 7.37 Å². The Morgan fingerprint density at radius 3 is 2.43 bits per heavy atom. The molecular weight excluding hydrogens is 289 g/mol. The van der Waals surface area contributed by atoms with Crippen LogP contribution in [-0.4, -0.2) is 24.5 Å². The summed E-state index contributed by atoms with van der Waals surface area (Å²) in [5, 5.41) is 0. The van der Waals surface area contributed by atoms with E-state index in [-0.39, 0.29) is 24.5 Å². The second-order valence-electron chi connectivity index (χ2n) is 5.14. The van der Waals surface area contributed by atoms with E-state index >= 15 is 0 Å². The summed E-state index contributed by atoms with van der Waals surface area (Å²) in [5.41, 5.74) is 6.06. The Morgan fingerprint density at radius 2 is 1.90 bits per heavy atom. The predicted molar refractivity (Wildman–Crippen MR) is 83.6 cm³/mol. The summed E-state index contributed by atoms with van der Waals surface area (Å²) >= 11 is 0. The highest BCUT2D eigenvalue weighted by Crippen LogP contribution is 2.52. The molecule has 1 rings (SSSR count). The molecule has 5 nitrogen and oxygen atoms in total. The van der Waals surface area contributed by atoms with Gasteiger partial charge in [-0.25, -0.2) is 0 Å². The lowest BCUT2D eigenvalue weighted by Gasteiger charge is -2.27. The van der Waals surface area contributed by atoms with E-state index in [2.05, 4.69) is 0 Å². The summed E-state index contributed by atoms with van der Waals surface area (Å²) in [5.74, 6) is -0.514. The molecule has 0 aliphatic carbocycles. The van der Waals surface area contributed by atoms with Gasteiger partial charge in [0.05, 0.1) is 18.8 Å². The first kappa shape index (κ1) is 17.7. The Hall–Kier alpha value is -1.32. The van der Waals surface area contributed by atoms with Crippen molar-refractivity contribution in [3.05, 3.63) is 30.3 Å². The molecule has 21 heavy (non-hydrogen) atoms. The topological polar surface area (TPSA) is 78.6 Å². The average molecular weight is 313 g/mol. The molecule has 118 valence electrons.